The molecule has 1 aromatic carbocycles. The first-order valence-corrected chi connectivity index (χ1v) is 7.54. The Labute approximate surface area is 131 Å². The van der Waals surface area contributed by atoms with Crippen molar-refractivity contribution in [3.8, 4) is 6.07 Å². The Morgan fingerprint density at radius 3 is 2.64 bits per heavy atom. The van der Waals surface area contributed by atoms with Crippen LogP contribution >= 0.6 is 0 Å². The molecule has 1 fully saturated rings. The van der Waals surface area contributed by atoms with E-state index in [1.807, 2.05) is 31.3 Å². The zero-order valence-electron chi connectivity index (χ0n) is 13.1. The molecule has 2 N–H and O–H groups in total. The van der Waals surface area contributed by atoms with Crippen LogP contribution in [-0.4, -0.2) is 51.8 Å². The van der Waals surface area contributed by atoms with Crippen LogP contribution in [0.1, 0.15) is 6.92 Å². The van der Waals surface area contributed by atoms with Crippen LogP contribution in [0, 0.1) is 11.3 Å². The van der Waals surface area contributed by atoms with Gasteiger partial charge in [-0.1, -0.05) is 0 Å². The second-order valence-corrected chi connectivity index (χ2v) is 5.57. The molecule has 1 amide bonds. The summed E-state index contributed by atoms with van der Waals surface area (Å²) >= 11 is 0. The number of hydrogen-bond acceptors (Lipinski definition) is 4. The highest BCUT2D eigenvalue weighted by Gasteiger charge is 2.16. The number of morpholine rings is 1. The first-order valence-electron chi connectivity index (χ1n) is 7.54. The van der Waals surface area contributed by atoms with E-state index in [0.717, 1.165) is 42.6 Å². The van der Waals surface area contributed by atoms with Gasteiger partial charge >= 0.3 is 0 Å². The lowest BCUT2D eigenvalue weighted by molar-refractivity contribution is -0.886. The maximum absolute atomic E-state index is 12.0. The van der Waals surface area contributed by atoms with Crippen molar-refractivity contribution in [1.82, 2.24) is 0 Å². The average Bonchev–Trinajstić information content (AvgIpc) is 2.55. The van der Waals surface area contributed by atoms with E-state index in [-0.39, 0.29) is 18.5 Å². The zero-order valence-corrected chi connectivity index (χ0v) is 13.1. The van der Waals surface area contributed by atoms with E-state index in [9.17, 15) is 4.79 Å². The Morgan fingerprint density at radius 1 is 1.41 bits per heavy atom. The Bertz CT molecular complexity index is 532. The predicted molar refractivity (Wildman–Crippen MR) is 84.9 cm³/mol. The number of amides is 1. The van der Waals surface area contributed by atoms with Crippen molar-refractivity contribution in [1.29, 1.82) is 5.26 Å². The molecule has 0 saturated carbocycles. The highest BCUT2D eigenvalue weighted by molar-refractivity contribution is 5.91. The van der Waals surface area contributed by atoms with Gasteiger partial charge in [0.15, 0.2) is 12.6 Å². The predicted octanol–water partition coefficient (Wildman–Crippen LogP) is -0.112. The summed E-state index contributed by atoms with van der Waals surface area (Å²) in [6.45, 7) is 5.38. The summed E-state index contributed by atoms with van der Waals surface area (Å²) in [6, 6.07) is 9.78. The summed E-state index contributed by atoms with van der Waals surface area (Å²) in [7, 11) is 1.84. The lowest BCUT2D eigenvalue weighted by atomic mass is 10.2. The van der Waals surface area contributed by atoms with Gasteiger partial charge in [0.25, 0.3) is 5.91 Å². The van der Waals surface area contributed by atoms with Crippen molar-refractivity contribution < 1.29 is 14.4 Å². The summed E-state index contributed by atoms with van der Waals surface area (Å²) < 4.78 is 5.34. The second-order valence-electron chi connectivity index (χ2n) is 5.57. The van der Waals surface area contributed by atoms with Gasteiger partial charge in [0.1, 0.15) is 6.07 Å². The smallest absolute Gasteiger partial charge is 0.279 e. The number of rotatable bonds is 5. The number of nitrogens with zero attached hydrogens (tertiary/aromatic N) is 2. The molecule has 6 heteroatoms. The molecule has 1 unspecified atom stereocenters. The van der Waals surface area contributed by atoms with Gasteiger partial charge in [0, 0.05) is 31.4 Å². The fourth-order valence-electron chi connectivity index (χ4n) is 2.30. The lowest BCUT2D eigenvalue weighted by Crippen LogP contribution is -3.13. The number of quaternary nitrogens is 1. The van der Waals surface area contributed by atoms with Crippen LogP contribution in [0.25, 0.3) is 0 Å². The number of carbonyl (C=O) groups is 1. The SMILES string of the molecule is C[C@H](C#N)[NH+](C)CC(=O)Nc1ccc(N2CCOCC2)cc1. The Morgan fingerprint density at radius 2 is 2.05 bits per heavy atom. The Hall–Kier alpha value is -2.10. The minimum atomic E-state index is -0.200. The number of anilines is 2. The van der Waals surface area contributed by atoms with Gasteiger partial charge in [-0.3, -0.25) is 4.79 Å². The van der Waals surface area contributed by atoms with E-state index >= 15 is 0 Å². The summed E-state index contributed by atoms with van der Waals surface area (Å²) in [5, 5.41) is 11.7. The molecular formula is C16H23N4O2+. The van der Waals surface area contributed by atoms with E-state index in [1.54, 1.807) is 6.92 Å². The molecule has 22 heavy (non-hydrogen) atoms. The fourth-order valence-corrected chi connectivity index (χ4v) is 2.30. The fraction of sp³-hybridized carbons (Fsp3) is 0.500. The number of benzene rings is 1. The Kier molecular flexibility index (Phi) is 5.75. The number of nitriles is 1. The summed E-state index contributed by atoms with van der Waals surface area (Å²) in [5.41, 5.74) is 1.92. The molecule has 1 aliphatic heterocycles. The summed E-state index contributed by atoms with van der Waals surface area (Å²) in [4.78, 5) is 15.1. The molecule has 0 aromatic heterocycles. The van der Waals surface area contributed by atoms with Crippen LogP contribution < -0.4 is 15.1 Å². The molecule has 1 saturated heterocycles. The topological polar surface area (TPSA) is 69.8 Å². The highest BCUT2D eigenvalue weighted by atomic mass is 16.5. The van der Waals surface area contributed by atoms with Crippen LogP contribution in [0.4, 0.5) is 11.4 Å². The van der Waals surface area contributed by atoms with Crippen molar-refractivity contribution in [3.05, 3.63) is 24.3 Å². The van der Waals surface area contributed by atoms with Gasteiger partial charge in [-0.2, -0.15) is 5.26 Å². The van der Waals surface area contributed by atoms with Crippen molar-refractivity contribution in [3.63, 3.8) is 0 Å². The third-order valence-electron chi connectivity index (χ3n) is 3.90. The van der Waals surface area contributed by atoms with Gasteiger partial charge in [-0.05, 0) is 24.3 Å². The molecular weight excluding hydrogens is 280 g/mol. The third kappa shape index (κ3) is 4.45. The zero-order chi connectivity index (χ0) is 15.9. The van der Waals surface area contributed by atoms with Crippen LogP contribution in [0.5, 0.6) is 0 Å². The minimum Gasteiger partial charge on any atom is -0.378 e. The van der Waals surface area contributed by atoms with E-state index in [0.29, 0.717) is 0 Å². The van der Waals surface area contributed by atoms with Gasteiger partial charge in [-0.25, -0.2) is 0 Å². The number of ether oxygens (including phenoxy) is 1. The van der Waals surface area contributed by atoms with Crippen LogP contribution in [0.2, 0.25) is 0 Å². The van der Waals surface area contributed by atoms with Gasteiger partial charge in [0.2, 0.25) is 0 Å². The molecule has 0 radical (unpaired) electrons. The van der Waals surface area contributed by atoms with E-state index in [2.05, 4.69) is 16.3 Å². The maximum Gasteiger partial charge on any atom is 0.279 e. The van der Waals surface area contributed by atoms with Gasteiger partial charge in [-0.15, -0.1) is 0 Å². The standard InChI is InChI=1S/C16H22N4O2/c1-13(11-17)19(2)12-16(21)18-14-3-5-15(6-4-14)20-7-9-22-10-8-20/h3-6,13H,7-10,12H2,1-2H3,(H,18,21)/p+1/t13-/m1/s1. The number of likely N-dealkylation sites (N-methyl/N-ethyl adjacent to an activating group) is 1. The lowest BCUT2D eigenvalue weighted by Gasteiger charge is -2.28. The average molecular weight is 303 g/mol. The molecule has 2 atom stereocenters. The summed E-state index contributed by atoms with van der Waals surface area (Å²) in [6.07, 6.45) is 0. The Balaban J connectivity index is 1.88. The molecule has 0 bridgehead atoms. The third-order valence-corrected chi connectivity index (χ3v) is 3.90. The quantitative estimate of drug-likeness (QED) is 0.796. The van der Waals surface area contributed by atoms with Crippen molar-refractivity contribution in [2.75, 3.05) is 50.1 Å². The van der Waals surface area contributed by atoms with Crippen molar-refractivity contribution in [2.45, 2.75) is 13.0 Å². The van der Waals surface area contributed by atoms with Crippen LogP contribution in [-0.2, 0) is 9.53 Å². The molecule has 1 aliphatic rings. The number of carbonyl (C=O) groups excluding carboxylic acids is 1. The van der Waals surface area contributed by atoms with E-state index in [1.165, 1.54) is 0 Å². The molecule has 118 valence electrons. The second kappa shape index (κ2) is 7.78. The number of hydrogen-bond donors (Lipinski definition) is 2. The highest BCUT2D eigenvalue weighted by Crippen LogP contribution is 2.18. The van der Waals surface area contributed by atoms with E-state index < -0.39 is 0 Å². The number of nitrogens with one attached hydrogen (secondary N) is 2. The first-order chi connectivity index (χ1) is 10.6. The largest absolute Gasteiger partial charge is 0.378 e. The van der Waals surface area contributed by atoms with Crippen LogP contribution in [0.3, 0.4) is 0 Å². The van der Waals surface area contributed by atoms with Gasteiger partial charge < -0.3 is 19.9 Å². The first kappa shape index (κ1) is 16.3. The molecule has 6 nitrogen and oxygen atoms in total. The van der Waals surface area contributed by atoms with Crippen molar-refractivity contribution in [2.24, 2.45) is 0 Å². The normalized spacial score (nSPS) is 17.4. The van der Waals surface area contributed by atoms with Crippen LogP contribution in [0.15, 0.2) is 24.3 Å². The molecule has 2 rings (SSSR count). The summed E-state index contributed by atoms with van der Waals surface area (Å²) in [5.74, 6) is -0.0845. The molecule has 0 spiro atoms. The monoisotopic (exact) mass is 303 g/mol. The van der Waals surface area contributed by atoms with E-state index in [4.69, 9.17) is 10.00 Å². The molecule has 1 aromatic rings. The minimum absolute atomic E-state index is 0.0845. The van der Waals surface area contributed by atoms with Crippen molar-refractivity contribution >= 4 is 17.3 Å². The van der Waals surface area contributed by atoms with Gasteiger partial charge in [0.05, 0.1) is 20.3 Å². The maximum atomic E-state index is 12.0. The molecule has 0 aliphatic carbocycles. The molecule has 1 heterocycles.